The number of ether oxygens (including phenoxy) is 4. The summed E-state index contributed by atoms with van der Waals surface area (Å²) in [5.41, 5.74) is 0. The number of aliphatic hydroxyl groups is 3. The van der Waals surface area contributed by atoms with Crippen molar-refractivity contribution in [2.45, 2.75) is 250 Å². The topological polar surface area (TPSA) is 186 Å². The number of unbranched alkanes of at least 4 members (excludes halogenated alkanes) is 27. The largest absolute Gasteiger partial charge is 0.462 e. The fraction of sp³-hybridized carbons (Fsp3) is 0.955. The Labute approximate surface area is 346 Å². The van der Waals surface area contributed by atoms with Crippen LogP contribution in [-0.4, -0.2) is 96.0 Å². The van der Waals surface area contributed by atoms with E-state index in [1.54, 1.807) is 0 Å². The van der Waals surface area contributed by atoms with E-state index in [1.165, 1.54) is 135 Å². The molecule has 57 heavy (non-hydrogen) atoms. The third-order valence-corrected chi connectivity index (χ3v) is 11.7. The van der Waals surface area contributed by atoms with Crippen LogP contribution in [0, 0.1) is 0 Å². The molecule has 0 aromatic rings. The molecule has 6 unspecified atom stereocenters. The lowest BCUT2D eigenvalue weighted by molar-refractivity contribution is -0.297. The molecule has 0 amide bonds. The summed E-state index contributed by atoms with van der Waals surface area (Å²) in [6, 6.07) is 0. The molecule has 338 valence electrons. The Bertz CT molecular complexity index is 1070. The molecule has 1 saturated heterocycles. The second-order valence-electron chi connectivity index (χ2n) is 16.4. The molecule has 1 aliphatic rings. The van der Waals surface area contributed by atoms with Crippen molar-refractivity contribution in [3.8, 4) is 0 Å². The molecule has 1 aliphatic heterocycles. The van der Waals surface area contributed by atoms with Crippen LogP contribution in [0.15, 0.2) is 0 Å². The maximum Gasteiger partial charge on any atom is 0.306 e. The first-order valence-electron chi connectivity index (χ1n) is 23.1. The van der Waals surface area contributed by atoms with Gasteiger partial charge in [-0.1, -0.05) is 187 Å². The van der Waals surface area contributed by atoms with E-state index in [4.69, 9.17) is 18.9 Å². The first kappa shape index (κ1) is 53.7. The van der Waals surface area contributed by atoms with Crippen molar-refractivity contribution in [1.29, 1.82) is 0 Å². The minimum absolute atomic E-state index is 0.172. The number of carbonyl (C=O) groups is 2. The van der Waals surface area contributed by atoms with Crippen molar-refractivity contribution in [3.63, 3.8) is 0 Å². The Morgan fingerprint density at radius 2 is 0.895 bits per heavy atom. The monoisotopic (exact) mass is 837 g/mol. The van der Waals surface area contributed by atoms with E-state index in [0.29, 0.717) is 12.8 Å². The van der Waals surface area contributed by atoms with E-state index < -0.39 is 71.2 Å². The van der Waals surface area contributed by atoms with Crippen LogP contribution in [0.25, 0.3) is 0 Å². The number of hydrogen-bond donors (Lipinski definition) is 4. The first-order valence-corrected chi connectivity index (χ1v) is 24.7. The summed E-state index contributed by atoms with van der Waals surface area (Å²) >= 11 is 0. The van der Waals surface area contributed by atoms with Gasteiger partial charge in [-0.15, -0.1) is 0 Å². The van der Waals surface area contributed by atoms with Gasteiger partial charge in [0, 0.05) is 12.8 Å². The Kier molecular flexibility index (Phi) is 33.3. The van der Waals surface area contributed by atoms with Gasteiger partial charge in [0.05, 0.1) is 6.61 Å². The molecule has 0 aromatic heterocycles. The van der Waals surface area contributed by atoms with Gasteiger partial charge in [-0.3, -0.25) is 14.1 Å². The zero-order valence-electron chi connectivity index (χ0n) is 36.0. The molecule has 13 heteroatoms. The minimum Gasteiger partial charge on any atom is -0.462 e. The van der Waals surface area contributed by atoms with Gasteiger partial charge in [0.15, 0.2) is 12.4 Å². The van der Waals surface area contributed by atoms with Gasteiger partial charge in [0.1, 0.15) is 36.8 Å². The molecule has 1 fully saturated rings. The summed E-state index contributed by atoms with van der Waals surface area (Å²) in [6.45, 7) is 3.78. The van der Waals surface area contributed by atoms with E-state index in [1.807, 2.05) is 0 Å². The van der Waals surface area contributed by atoms with Crippen LogP contribution in [0.2, 0.25) is 0 Å². The summed E-state index contributed by atoms with van der Waals surface area (Å²) in [4.78, 5) is 25.4. The molecular weight excluding hydrogens is 753 g/mol. The van der Waals surface area contributed by atoms with Crippen LogP contribution in [0.5, 0.6) is 0 Å². The number of aliphatic hydroxyl groups excluding tert-OH is 3. The number of hydrogen-bond acceptors (Lipinski definition) is 11. The summed E-state index contributed by atoms with van der Waals surface area (Å²) in [6.07, 6.45) is 25.7. The second kappa shape index (κ2) is 35.4. The summed E-state index contributed by atoms with van der Waals surface area (Å²) in [5, 5.41) is 30.9. The van der Waals surface area contributed by atoms with Crippen LogP contribution < -0.4 is 0 Å². The first-order chi connectivity index (χ1) is 27.5. The zero-order chi connectivity index (χ0) is 42.0. The fourth-order valence-corrected chi connectivity index (χ4v) is 8.02. The molecule has 0 bridgehead atoms. The van der Waals surface area contributed by atoms with Crippen LogP contribution in [0.3, 0.4) is 0 Å². The quantitative estimate of drug-likeness (QED) is 0.0262. The maximum atomic E-state index is 12.8. The average Bonchev–Trinajstić information content (AvgIpc) is 3.17. The molecular formula is C44H84O12S. The predicted octanol–water partition coefficient (Wildman–Crippen LogP) is 9.29. The molecule has 0 saturated carbocycles. The average molecular weight is 837 g/mol. The summed E-state index contributed by atoms with van der Waals surface area (Å²) < 4.78 is 54.1. The molecule has 0 radical (unpaired) electrons. The van der Waals surface area contributed by atoms with Crippen LogP contribution in [-0.2, 0) is 38.7 Å². The zero-order valence-corrected chi connectivity index (χ0v) is 36.8. The molecule has 0 aromatic carbocycles. The summed E-state index contributed by atoms with van der Waals surface area (Å²) in [7, 11) is -4.60. The fourth-order valence-electron chi connectivity index (χ4n) is 7.33. The van der Waals surface area contributed by atoms with Crippen molar-refractivity contribution >= 4 is 22.1 Å². The van der Waals surface area contributed by atoms with Crippen LogP contribution in [0.1, 0.15) is 213 Å². The lowest BCUT2D eigenvalue weighted by Gasteiger charge is -2.40. The normalized spacial score (nSPS) is 20.4. The molecule has 0 spiro atoms. The Morgan fingerprint density at radius 3 is 1.28 bits per heavy atom. The van der Waals surface area contributed by atoms with Crippen molar-refractivity contribution < 1.29 is 56.8 Å². The van der Waals surface area contributed by atoms with Crippen molar-refractivity contribution in [1.82, 2.24) is 0 Å². The Balaban J connectivity index is 2.42. The lowest BCUT2D eigenvalue weighted by Crippen LogP contribution is -2.60. The molecule has 1 heterocycles. The van der Waals surface area contributed by atoms with E-state index in [9.17, 15) is 37.9 Å². The second-order valence-corrected chi connectivity index (χ2v) is 17.9. The number of rotatable bonds is 39. The van der Waals surface area contributed by atoms with Crippen molar-refractivity contribution in [3.05, 3.63) is 0 Å². The third kappa shape index (κ3) is 30.4. The van der Waals surface area contributed by atoms with Gasteiger partial charge >= 0.3 is 11.9 Å². The van der Waals surface area contributed by atoms with Gasteiger partial charge in [-0.2, -0.15) is 8.42 Å². The van der Waals surface area contributed by atoms with Crippen LogP contribution in [0.4, 0.5) is 0 Å². The molecule has 6 atom stereocenters. The van der Waals surface area contributed by atoms with Gasteiger partial charge in [-0.25, -0.2) is 0 Å². The molecule has 12 nitrogen and oxygen atoms in total. The van der Waals surface area contributed by atoms with Gasteiger partial charge < -0.3 is 34.3 Å². The Hall–Kier alpha value is -1.35. The lowest BCUT2D eigenvalue weighted by atomic mass is 10.00. The number of carbonyl (C=O) groups excluding carboxylic acids is 2. The highest BCUT2D eigenvalue weighted by Crippen LogP contribution is 2.24. The van der Waals surface area contributed by atoms with Crippen molar-refractivity contribution in [2.75, 3.05) is 19.0 Å². The highest BCUT2D eigenvalue weighted by Gasteiger charge is 2.46. The van der Waals surface area contributed by atoms with E-state index >= 15 is 0 Å². The number of esters is 2. The minimum atomic E-state index is -4.60. The molecule has 0 aliphatic carbocycles. The van der Waals surface area contributed by atoms with Gasteiger partial charge in [-0.05, 0) is 12.8 Å². The summed E-state index contributed by atoms with van der Waals surface area (Å²) in [5.74, 6) is -1.96. The Morgan fingerprint density at radius 1 is 0.526 bits per heavy atom. The molecule has 4 N–H and O–H groups in total. The highest BCUT2D eigenvalue weighted by molar-refractivity contribution is 7.85. The van der Waals surface area contributed by atoms with E-state index in [2.05, 4.69) is 13.8 Å². The molecule has 1 rings (SSSR count). The van der Waals surface area contributed by atoms with Gasteiger partial charge in [0.2, 0.25) is 0 Å². The third-order valence-electron chi connectivity index (χ3n) is 10.9. The van der Waals surface area contributed by atoms with Crippen LogP contribution >= 0.6 is 0 Å². The predicted molar refractivity (Wildman–Crippen MR) is 224 cm³/mol. The van der Waals surface area contributed by atoms with Gasteiger partial charge in [0.25, 0.3) is 10.1 Å². The SMILES string of the molecule is CCCCCCCCCCCCCCCCCC(=O)OC(COC(=O)CCCCCCCCCCCCCCCC)COC1OC(CS(=O)(=O)O)C(O)C(O)C1O. The maximum absolute atomic E-state index is 12.8. The smallest absolute Gasteiger partial charge is 0.306 e. The van der Waals surface area contributed by atoms with E-state index in [-0.39, 0.29) is 19.4 Å². The standard InChI is InChI=1S/C44H84O12S/c1-3-5-7-9-11-13-15-17-19-21-23-25-27-29-31-33-40(46)55-37(35-54-44-43(49)42(48)41(47)38(56-44)36-57(50,51)52)34-53-39(45)32-30-28-26-24-22-20-18-16-14-12-10-8-6-4-2/h37-38,41-44,47-49H,3-36H2,1-2H3,(H,50,51,52). The van der Waals surface area contributed by atoms with E-state index in [0.717, 1.165) is 38.5 Å². The van der Waals surface area contributed by atoms with Crippen molar-refractivity contribution in [2.24, 2.45) is 0 Å². The highest BCUT2D eigenvalue weighted by atomic mass is 32.2.